The molecule has 0 saturated carbocycles. The second kappa shape index (κ2) is 4.70. The van der Waals surface area contributed by atoms with Crippen LogP contribution in [0.1, 0.15) is 0 Å². The van der Waals surface area contributed by atoms with Gasteiger partial charge in [0.15, 0.2) is 0 Å². The Kier molecular flexibility index (Phi) is 3.10. The molecule has 2 aromatic heterocycles. The van der Waals surface area contributed by atoms with Crippen LogP contribution in [0.5, 0.6) is 0 Å². The number of aromatic nitrogens is 4. The second-order valence-electron chi connectivity index (χ2n) is 3.03. The molecule has 2 rings (SSSR count). The summed E-state index contributed by atoms with van der Waals surface area (Å²) in [5.41, 5.74) is 4.79. The number of hydrogen-bond acceptors (Lipinski definition) is 6. The van der Waals surface area contributed by atoms with Gasteiger partial charge in [-0.15, -0.1) is 21.5 Å². The van der Waals surface area contributed by atoms with Crippen molar-refractivity contribution in [3.05, 3.63) is 17.5 Å². The van der Waals surface area contributed by atoms with Crippen LogP contribution in [0.4, 0.5) is 4.79 Å². The van der Waals surface area contributed by atoms with E-state index in [0.29, 0.717) is 5.82 Å². The lowest BCUT2D eigenvalue weighted by atomic mass is 10.5. The van der Waals surface area contributed by atoms with Gasteiger partial charge in [0.05, 0.1) is 4.88 Å². The zero-order chi connectivity index (χ0) is 12.3. The summed E-state index contributed by atoms with van der Waals surface area (Å²) in [6, 6.07) is 2.80. The first-order chi connectivity index (χ1) is 8.15. The Morgan fingerprint density at radius 1 is 1.53 bits per heavy atom. The maximum absolute atomic E-state index is 11.2. The molecule has 0 saturated heterocycles. The van der Waals surface area contributed by atoms with Gasteiger partial charge in [-0.05, 0) is 16.7 Å². The molecule has 88 valence electrons. The van der Waals surface area contributed by atoms with E-state index in [1.807, 2.05) is 22.8 Å². The number of hydrogen-bond donors (Lipinski definition) is 2. The largest absolute Gasteiger partial charge is 0.351 e. The highest BCUT2D eigenvalue weighted by molar-refractivity contribution is 7.13. The Morgan fingerprint density at radius 3 is 3.00 bits per heavy atom. The van der Waals surface area contributed by atoms with Crippen molar-refractivity contribution in [1.82, 2.24) is 25.5 Å². The number of nitrogens with zero attached hydrogens (tertiary/aromatic N) is 4. The molecule has 0 spiro atoms. The van der Waals surface area contributed by atoms with Gasteiger partial charge in [0, 0.05) is 0 Å². The number of carbonyl (C=O) groups excluding carboxylic acids is 2. The Balaban J connectivity index is 2.04. The van der Waals surface area contributed by atoms with Crippen LogP contribution in [0, 0.1) is 0 Å². The first-order valence-electron chi connectivity index (χ1n) is 4.56. The molecule has 17 heavy (non-hydrogen) atoms. The zero-order valence-electron chi connectivity index (χ0n) is 8.53. The third-order valence-corrected chi connectivity index (χ3v) is 2.61. The summed E-state index contributed by atoms with van der Waals surface area (Å²) in [4.78, 5) is 23.5. The van der Waals surface area contributed by atoms with Crippen LogP contribution in [0.2, 0.25) is 0 Å². The van der Waals surface area contributed by atoms with Gasteiger partial charge in [-0.1, -0.05) is 6.07 Å². The summed E-state index contributed by atoms with van der Waals surface area (Å²) in [5.74, 6) is -0.153. The molecule has 0 aliphatic rings. The van der Waals surface area contributed by atoms with Crippen LogP contribution < -0.4 is 11.1 Å². The van der Waals surface area contributed by atoms with Gasteiger partial charge in [-0.25, -0.2) is 4.79 Å². The third kappa shape index (κ3) is 2.84. The minimum Gasteiger partial charge on any atom is -0.351 e. The van der Waals surface area contributed by atoms with Gasteiger partial charge in [0.1, 0.15) is 6.54 Å². The van der Waals surface area contributed by atoms with E-state index in [2.05, 4.69) is 15.4 Å². The van der Waals surface area contributed by atoms with Crippen molar-refractivity contribution < 1.29 is 9.59 Å². The SMILES string of the molecule is NC(=O)NC(=O)Cn1nnc(-c2cccs2)n1. The molecule has 0 atom stereocenters. The van der Waals surface area contributed by atoms with Gasteiger partial charge in [-0.2, -0.15) is 4.80 Å². The number of rotatable bonds is 3. The smallest absolute Gasteiger partial charge is 0.318 e. The van der Waals surface area contributed by atoms with Crippen LogP contribution in [0.15, 0.2) is 17.5 Å². The quantitative estimate of drug-likeness (QED) is 0.770. The van der Waals surface area contributed by atoms with Crippen molar-refractivity contribution in [2.45, 2.75) is 6.54 Å². The number of urea groups is 1. The lowest BCUT2D eigenvalue weighted by molar-refractivity contribution is -0.120. The highest BCUT2D eigenvalue weighted by atomic mass is 32.1. The molecule has 3 amide bonds. The maximum Gasteiger partial charge on any atom is 0.318 e. The number of nitrogens with one attached hydrogen (secondary N) is 1. The second-order valence-corrected chi connectivity index (χ2v) is 3.98. The molecule has 8 nitrogen and oxygen atoms in total. The summed E-state index contributed by atoms with van der Waals surface area (Å²) < 4.78 is 0. The third-order valence-electron chi connectivity index (χ3n) is 1.74. The number of carbonyl (C=O) groups is 2. The molecule has 9 heteroatoms. The number of nitrogens with two attached hydrogens (primary N) is 1. The Hall–Kier alpha value is -2.29. The van der Waals surface area contributed by atoms with Crippen LogP contribution >= 0.6 is 11.3 Å². The van der Waals surface area contributed by atoms with E-state index in [-0.39, 0.29) is 6.54 Å². The number of primary amides is 1. The number of thiophene rings is 1. The Morgan fingerprint density at radius 2 is 2.35 bits per heavy atom. The summed E-state index contributed by atoms with van der Waals surface area (Å²) >= 11 is 1.47. The number of tetrazole rings is 1. The van der Waals surface area contributed by atoms with Gasteiger partial charge in [-0.3, -0.25) is 10.1 Å². The summed E-state index contributed by atoms with van der Waals surface area (Å²) in [7, 11) is 0. The molecule has 0 unspecified atom stereocenters. The predicted octanol–water partition coefficient (Wildman–Crippen LogP) is -0.403. The van der Waals surface area contributed by atoms with E-state index in [9.17, 15) is 9.59 Å². The van der Waals surface area contributed by atoms with Crippen LogP contribution in [-0.4, -0.2) is 32.1 Å². The minimum absolute atomic E-state index is 0.207. The minimum atomic E-state index is -0.909. The average molecular weight is 252 g/mol. The van der Waals surface area contributed by atoms with E-state index in [4.69, 9.17) is 5.73 Å². The van der Waals surface area contributed by atoms with Crippen molar-refractivity contribution in [3.63, 3.8) is 0 Å². The van der Waals surface area contributed by atoms with Gasteiger partial charge < -0.3 is 5.73 Å². The number of imide groups is 1. The predicted molar refractivity (Wildman–Crippen MR) is 58.9 cm³/mol. The van der Waals surface area contributed by atoms with E-state index < -0.39 is 11.9 Å². The topological polar surface area (TPSA) is 116 Å². The lowest BCUT2D eigenvalue weighted by Crippen LogP contribution is -2.37. The van der Waals surface area contributed by atoms with Crippen molar-refractivity contribution in [2.24, 2.45) is 5.73 Å². The molecule has 0 bridgehead atoms. The Labute approximate surface area is 99.4 Å². The maximum atomic E-state index is 11.2. The molecule has 0 aliphatic heterocycles. The lowest BCUT2D eigenvalue weighted by Gasteiger charge is -1.97. The Bertz CT molecular complexity index is 534. The fraction of sp³-hybridized carbons (Fsp3) is 0.125. The monoisotopic (exact) mass is 252 g/mol. The molecule has 0 fully saturated rings. The fourth-order valence-electron chi connectivity index (χ4n) is 1.12. The highest BCUT2D eigenvalue weighted by Crippen LogP contribution is 2.19. The number of amides is 3. The molecule has 3 N–H and O–H groups in total. The summed E-state index contributed by atoms with van der Waals surface area (Å²) in [6.07, 6.45) is 0. The van der Waals surface area contributed by atoms with Crippen molar-refractivity contribution in [3.8, 4) is 10.7 Å². The molecular formula is C8H8N6O2S. The summed E-state index contributed by atoms with van der Waals surface area (Å²) in [6.45, 7) is -0.207. The van der Waals surface area contributed by atoms with Crippen LogP contribution in [0.25, 0.3) is 10.7 Å². The van der Waals surface area contributed by atoms with Gasteiger partial charge in [0.25, 0.3) is 5.91 Å². The molecule has 2 aromatic rings. The highest BCUT2D eigenvalue weighted by Gasteiger charge is 2.10. The molecule has 0 radical (unpaired) electrons. The molecule has 2 heterocycles. The van der Waals surface area contributed by atoms with E-state index in [0.717, 1.165) is 9.67 Å². The molecule has 0 aromatic carbocycles. The van der Waals surface area contributed by atoms with Crippen LogP contribution in [-0.2, 0) is 11.3 Å². The van der Waals surface area contributed by atoms with Gasteiger partial charge in [0.2, 0.25) is 5.82 Å². The van der Waals surface area contributed by atoms with Crippen LogP contribution in [0.3, 0.4) is 0 Å². The van der Waals surface area contributed by atoms with E-state index >= 15 is 0 Å². The molecule has 0 aliphatic carbocycles. The van der Waals surface area contributed by atoms with Crippen molar-refractivity contribution >= 4 is 23.3 Å². The van der Waals surface area contributed by atoms with E-state index in [1.165, 1.54) is 11.3 Å². The first-order valence-corrected chi connectivity index (χ1v) is 5.44. The average Bonchev–Trinajstić information content (AvgIpc) is 2.84. The normalized spacial score (nSPS) is 10.1. The first kappa shape index (κ1) is 11.2. The summed E-state index contributed by atoms with van der Waals surface area (Å²) in [5, 5.41) is 15.3. The fourth-order valence-corrected chi connectivity index (χ4v) is 1.77. The van der Waals surface area contributed by atoms with Crippen molar-refractivity contribution in [2.75, 3.05) is 0 Å². The zero-order valence-corrected chi connectivity index (χ0v) is 9.35. The standard InChI is InChI=1S/C8H8N6O2S/c9-8(16)10-6(15)4-14-12-7(11-13-14)5-2-1-3-17-5/h1-3H,4H2,(H3,9,10,15,16). The van der Waals surface area contributed by atoms with Crippen molar-refractivity contribution in [1.29, 1.82) is 0 Å². The van der Waals surface area contributed by atoms with Gasteiger partial charge >= 0.3 is 6.03 Å². The van der Waals surface area contributed by atoms with E-state index in [1.54, 1.807) is 0 Å². The molecular weight excluding hydrogens is 244 g/mol.